The molecule has 0 amide bonds. The first-order valence-corrected chi connectivity index (χ1v) is 10.6. The van der Waals surface area contributed by atoms with Gasteiger partial charge in [0.15, 0.2) is 6.29 Å². The zero-order valence-corrected chi connectivity index (χ0v) is 18.8. The summed E-state index contributed by atoms with van der Waals surface area (Å²) in [5, 5.41) is 6.53. The Kier molecular flexibility index (Phi) is 11.5. The molecule has 0 aliphatic heterocycles. The topological polar surface area (TPSA) is 54.0 Å². The van der Waals surface area contributed by atoms with Crippen LogP contribution in [0.15, 0.2) is 30.5 Å². The van der Waals surface area contributed by atoms with E-state index in [-0.39, 0.29) is 11.7 Å². The lowest BCUT2D eigenvalue weighted by atomic mass is 10.00. The third-order valence-electron chi connectivity index (χ3n) is 4.87. The van der Waals surface area contributed by atoms with Gasteiger partial charge in [-0.3, -0.25) is 4.79 Å². The maximum atomic E-state index is 13.2. The van der Waals surface area contributed by atoms with Crippen LogP contribution in [0.2, 0.25) is 5.02 Å². The molecular formula is C23H33ClFN3O. The standard InChI is InChI=1S/C15H14ClFN2O.C8H19N/c1-9(2)12-6-15(18-7-10(12)8-20)19-14-5-11(17)3-4-13(14)16;1-4-8(5-2)6-7-9-3/h3-9H,1-2H3,(H,18,19);8-9H,4-7H2,1-3H3. The van der Waals surface area contributed by atoms with Gasteiger partial charge in [-0.15, -0.1) is 0 Å². The summed E-state index contributed by atoms with van der Waals surface area (Å²) < 4.78 is 13.2. The number of anilines is 2. The molecule has 0 aliphatic carbocycles. The van der Waals surface area contributed by atoms with Crippen LogP contribution in [0.4, 0.5) is 15.9 Å². The van der Waals surface area contributed by atoms with Crippen molar-refractivity contribution in [3.8, 4) is 0 Å². The number of hydrogen-bond donors (Lipinski definition) is 2. The molecule has 1 aromatic heterocycles. The second kappa shape index (κ2) is 13.3. The number of hydrogen-bond acceptors (Lipinski definition) is 4. The summed E-state index contributed by atoms with van der Waals surface area (Å²) in [6.07, 6.45) is 6.28. The van der Waals surface area contributed by atoms with Gasteiger partial charge in [-0.1, -0.05) is 52.1 Å². The van der Waals surface area contributed by atoms with Crippen molar-refractivity contribution in [1.82, 2.24) is 10.3 Å². The average molecular weight is 422 g/mol. The molecule has 0 aliphatic rings. The van der Waals surface area contributed by atoms with Gasteiger partial charge in [0, 0.05) is 11.8 Å². The lowest BCUT2D eigenvalue weighted by molar-refractivity contribution is 0.112. The first-order chi connectivity index (χ1) is 13.9. The van der Waals surface area contributed by atoms with Crippen molar-refractivity contribution in [3.05, 3.63) is 52.4 Å². The van der Waals surface area contributed by atoms with Crippen LogP contribution >= 0.6 is 11.6 Å². The lowest BCUT2D eigenvalue weighted by Gasteiger charge is -2.12. The molecule has 1 aromatic carbocycles. The van der Waals surface area contributed by atoms with E-state index >= 15 is 0 Å². The molecule has 0 spiro atoms. The molecule has 6 heteroatoms. The second-order valence-electron chi connectivity index (χ2n) is 7.29. The number of benzene rings is 1. The van der Waals surface area contributed by atoms with Crippen LogP contribution in [0, 0.1) is 11.7 Å². The molecule has 1 heterocycles. The molecule has 0 atom stereocenters. The van der Waals surface area contributed by atoms with Crippen LogP contribution in [0.3, 0.4) is 0 Å². The fourth-order valence-electron chi connectivity index (χ4n) is 2.92. The maximum Gasteiger partial charge on any atom is 0.151 e. The summed E-state index contributed by atoms with van der Waals surface area (Å²) >= 11 is 5.99. The summed E-state index contributed by atoms with van der Waals surface area (Å²) in [6.45, 7) is 9.68. The number of pyridine rings is 1. The Bertz CT molecular complexity index is 764. The summed E-state index contributed by atoms with van der Waals surface area (Å²) in [4.78, 5) is 15.1. The van der Waals surface area contributed by atoms with Crippen LogP contribution in [0.5, 0.6) is 0 Å². The van der Waals surface area contributed by atoms with E-state index in [1.165, 1.54) is 50.2 Å². The van der Waals surface area contributed by atoms with E-state index < -0.39 is 0 Å². The highest BCUT2D eigenvalue weighted by Crippen LogP contribution is 2.27. The van der Waals surface area contributed by atoms with Gasteiger partial charge in [-0.25, -0.2) is 9.37 Å². The zero-order valence-electron chi connectivity index (χ0n) is 18.1. The summed E-state index contributed by atoms with van der Waals surface area (Å²) in [5.74, 6) is 1.26. The first-order valence-electron chi connectivity index (χ1n) is 10.2. The number of carbonyl (C=O) groups excluding carboxylic acids is 1. The zero-order chi connectivity index (χ0) is 21.8. The number of nitrogens with one attached hydrogen (secondary N) is 2. The third-order valence-corrected chi connectivity index (χ3v) is 5.20. The van der Waals surface area contributed by atoms with Crippen molar-refractivity contribution in [2.75, 3.05) is 18.9 Å². The van der Waals surface area contributed by atoms with E-state index in [0.717, 1.165) is 17.8 Å². The predicted octanol–water partition coefficient (Wildman–Crippen LogP) is 6.59. The van der Waals surface area contributed by atoms with Gasteiger partial charge in [-0.2, -0.15) is 0 Å². The molecule has 0 saturated heterocycles. The third kappa shape index (κ3) is 8.50. The molecule has 29 heavy (non-hydrogen) atoms. The molecular weight excluding hydrogens is 389 g/mol. The normalized spacial score (nSPS) is 10.7. The maximum absolute atomic E-state index is 13.2. The van der Waals surface area contributed by atoms with E-state index in [0.29, 0.717) is 22.1 Å². The van der Waals surface area contributed by atoms with Crippen molar-refractivity contribution in [3.63, 3.8) is 0 Å². The number of nitrogens with zero attached hydrogens (tertiary/aromatic N) is 1. The average Bonchev–Trinajstić information content (AvgIpc) is 2.72. The van der Waals surface area contributed by atoms with Crippen molar-refractivity contribution >= 4 is 29.4 Å². The first kappa shape index (κ1) is 25.1. The van der Waals surface area contributed by atoms with Gasteiger partial charge >= 0.3 is 0 Å². The lowest BCUT2D eigenvalue weighted by Crippen LogP contribution is -2.12. The number of aromatic nitrogens is 1. The van der Waals surface area contributed by atoms with E-state index in [4.69, 9.17) is 11.6 Å². The van der Waals surface area contributed by atoms with Crippen LogP contribution in [0.25, 0.3) is 0 Å². The monoisotopic (exact) mass is 421 g/mol. The minimum Gasteiger partial charge on any atom is -0.339 e. The fraction of sp³-hybridized carbons (Fsp3) is 0.478. The Hall–Kier alpha value is -1.98. The van der Waals surface area contributed by atoms with Crippen LogP contribution in [-0.4, -0.2) is 24.9 Å². The van der Waals surface area contributed by atoms with Gasteiger partial charge in [-0.05, 0) is 61.7 Å². The van der Waals surface area contributed by atoms with Gasteiger partial charge < -0.3 is 10.6 Å². The molecule has 0 saturated carbocycles. The van der Waals surface area contributed by atoms with Crippen LogP contribution < -0.4 is 10.6 Å². The summed E-state index contributed by atoms with van der Waals surface area (Å²) in [6, 6.07) is 5.83. The summed E-state index contributed by atoms with van der Waals surface area (Å²) in [7, 11) is 2.02. The summed E-state index contributed by atoms with van der Waals surface area (Å²) in [5.41, 5.74) is 1.87. The fourth-order valence-corrected chi connectivity index (χ4v) is 3.09. The Morgan fingerprint density at radius 1 is 1.21 bits per heavy atom. The molecule has 0 fully saturated rings. The largest absolute Gasteiger partial charge is 0.339 e. The SMILES string of the molecule is CC(C)c1cc(Nc2cc(F)ccc2Cl)ncc1C=O.CCC(CC)CCNC. The molecule has 2 N–H and O–H groups in total. The number of carbonyl (C=O) groups is 1. The van der Waals surface area contributed by atoms with Crippen LogP contribution in [0.1, 0.15) is 68.8 Å². The molecule has 0 unspecified atom stereocenters. The van der Waals surface area contributed by atoms with Crippen molar-refractivity contribution in [1.29, 1.82) is 0 Å². The smallest absolute Gasteiger partial charge is 0.151 e. The molecule has 2 aromatic rings. The quantitative estimate of drug-likeness (QED) is 0.448. The van der Waals surface area contributed by atoms with Gasteiger partial charge in [0.05, 0.1) is 10.7 Å². The molecule has 0 radical (unpaired) electrons. The molecule has 160 valence electrons. The van der Waals surface area contributed by atoms with Gasteiger partial charge in [0.2, 0.25) is 0 Å². The molecule has 4 nitrogen and oxygen atoms in total. The van der Waals surface area contributed by atoms with Gasteiger partial charge in [0.1, 0.15) is 11.6 Å². The molecule has 0 bridgehead atoms. The van der Waals surface area contributed by atoms with E-state index in [9.17, 15) is 9.18 Å². The number of aldehydes is 1. The highest BCUT2D eigenvalue weighted by Gasteiger charge is 2.10. The highest BCUT2D eigenvalue weighted by atomic mass is 35.5. The minimum absolute atomic E-state index is 0.182. The van der Waals surface area contributed by atoms with Crippen molar-refractivity contribution < 1.29 is 9.18 Å². The Morgan fingerprint density at radius 2 is 1.90 bits per heavy atom. The van der Waals surface area contributed by atoms with E-state index in [1.807, 2.05) is 20.9 Å². The Morgan fingerprint density at radius 3 is 2.45 bits per heavy atom. The number of rotatable bonds is 9. The van der Waals surface area contributed by atoms with Crippen molar-refractivity contribution in [2.24, 2.45) is 5.92 Å². The minimum atomic E-state index is -0.384. The highest BCUT2D eigenvalue weighted by molar-refractivity contribution is 6.33. The molecule has 2 rings (SSSR count). The van der Waals surface area contributed by atoms with Gasteiger partial charge in [0.25, 0.3) is 0 Å². The number of halogens is 2. The van der Waals surface area contributed by atoms with Crippen LogP contribution in [-0.2, 0) is 0 Å². The Balaban J connectivity index is 0.000000396. The predicted molar refractivity (Wildman–Crippen MR) is 121 cm³/mol. The van der Waals surface area contributed by atoms with Crippen molar-refractivity contribution in [2.45, 2.75) is 52.9 Å². The Labute approximate surface area is 179 Å². The van der Waals surface area contributed by atoms with E-state index in [1.54, 1.807) is 6.07 Å². The van der Waals surface area contributed by atoms with E-state index in [2.05, 4.69) is 29.5 Å². The second-order valence-corrected chi connectivity index (χ2v) is 7.70.